The third-order valence-electron chi connectivity index (χ3n) is 6.37. The van der Waals surface area contributed by atoms with Crippen molar-refractivity contribution in [2.75, 3.05) is 7.11 Å². The number of nitrogens with zero attached hydrogens (tertiary/aromatic N) is 5. The lowest BCUT2D eigenvalue weighted by atomic mass is 9.97. The van der Waals surface area contributed by atoms with E-state index in [1.165, 1.54) is 30.1 Å². The number of nitriles is 1. The zero-order chi connectivity index (χ0) is 25.9. The first-order valence-electron chi connectivity index (χ1n) is 11.9. The summed E-state index contributed by atoms with van der Waals surface area (Å²) in [6.45, 7) is 2.04. The Kier molecular flexibility index (Phi) is 6.52. The van der Waals surface area contributed by atoms with Gasteiger partial charge in [-0.05, 0) is 41.3 Å². The molecule has 0 aliphatic heterocycles. The second-order valence-electron chi connectivity index (χ2n) is 8.64. The van der Waals surface area contributed by atoms with Crippen LogP contribution in [0.15, 0.2) is 77.9 Å². The highest BCUT2D eigenvalue weighted by molar-refractivity contribution is 5.70. The minimum absolute atomic E-state index is 0.0928. The summed E-state index contributed by atoms with van der Waals surface area (Å²) < 4.78 is 22.7. The fraction of sp³-hybridized carbons (Fsp3) is 0.172. The van der Waals surface area contributed by atoms with Crippen molar-refractivity contribution >= 4 is 5.78 Å². The molecule has 0 fully saturated rings. The summed E-state index contributed by atoms with van der Waals surface area (Å²) in [6.07, 6.45) is 3.21. The van der Waals surface area contributed by atoms with Crippen LogP contribution in [0.25, 0.3) is 22.6 Å². The largest absolute Gasteiger partial charge is 0.494 e. The van der Waals surface area contributed by atoms with E-state index < -0.39 is 5.82 Å². The Bertz CT molecular complexity index is 1700. The summed E-state index contributed by atoms with van der Waals surface area (Å²) in [4.78, 5) is 18.2. The third kappa shape index (κ3) is 4.36. The third-order valence-corrected chi connectivity index (χ3v) is 6.37. The monoisotopic (exact) mass is 493 g/mol. The quantitative estimate of drug-likeness (QED) is 0.315. The van der Waals surface area contributed by atoms with Crippen molar-refractivity contribution in [1.82, 2.24) is 19.2 Å². The second-order valence-corrected chi connectivity index (χ2v) is 8.64. The van der Waals surface area contributed by atoms with Gasteiger partial charge in [-0.2, -0.15) is 15.3 Å². The van der Waals surface area contributed by atoms with Gasteiger partial charge in [-0.25, -0.2) is 13.5 Å². The minimum Gasteiger partial charge on any atom is -0.494 e. The fourth-order valence-corrected chi connectivity index (χ4v) is 4.59. The maximum atomic E-state index is 14.6. The molecule has 0 atom stereocenters. The summed E-state index contributed by atoms with van der Waals surface area (Å²) in [5.74, 6) is -0.155. The number of hydrogen-bond acceptors (Lipinski definition) is 5. The number of benzene rings is 3. The van der Waals surface area contributed by atoms with Crippen molar-refractivity contribution in [2.24, 2.45) is 0 Å². The highest BCUT2D eigenvalue weighted by Gasteiger charge is 2.20. The van der Waals surface area contributed by atoms with Crippen LogP contribution in [0, 0.1) is 17.1 Å². The van der Waals surface area contributed by atoms with Gasteiger partial charge in [-0.15, -0.1) is 0 Å². The predicted molar refractivity (Wildman–Crippen MR) is 138 cm³/mol. The highest BCUT2D eigenvalue weighted by atomic mass is 19.1. The molecule has 7 nitrogen and oxygen atoms in total. The first-order valence-corrected chi connectivity index (χ1v) is 11.9. The first-order chi connectivity index (χ1) is 18.0. The zero-order valence-electron chi connectivity index (χ0n) is 20.5. The van der Waals surface area contributed by atoms with Crippen LogP contribution in [0.5, 0.6) is 5.75 Å². The van der Waals surface area contributed by atoms with Crippen LogP contribution in [0.3, 0.4) is 0 Å². The van der Waals surface area contributed by atoms with Crippen LogP contribution in [0.1, 0.15) is 35.7 Å². The van der Waals surface area contributed by atoms with Gasteiger partial charge in [0, 0.05) is 18.1 Å². The number of halogens is 1. The Morgan fingerprint density at radius 3 is 2.57 bits per heavy atom. The van der Waals surface area contributed by atoms with Crippen molar-refractivity contribution in [3.8, 4) is 28.6 Å². The molecule has 0 saturated carbocycles. The average Bonchev–Trinajstić information content (AvgIpc) is 3.40. The predicted octanol–water partition coefficient (Wildman–Crippen LogP) is 5.11. The molecule has 0 spiro atoms. The second kappa shape index (κ2) is 10.1. The molecular formula is C29H24FN5O2. The molecule has 2 heterocycles. The lowest BCUT2D eigenvalue weighted by molar-refractivity contribution is 0.386. The van der Waals surface area contributed by atoms with Crippen molar-refractivity contribution in [3.05, 3.63) is 112 Å². The Morgan fingerprint density at radius 1 is 1.08 bits per heavy atom. The Hall–Kier alpha value is -4.77. The van der Waals surface area contributed by atoms with E-state index in [4.69, 9.17) is 4.74 Å². The van der Waals surface area contributed by atoms with Gasteiger partial charge in [-0.3, -0.25) is 4.79 Å². The Balaban J connectivity index is 1.62. The van der Waals surface area contributed by atoms with E-state index in [-0.39, 0.29) is 11.3 Å². The molecule has 0 amide bonds. The lowest BCUT2D eigenvalue weighted by Crippen LogP contribution is -2.28. The molecule has 2 aromatic heterocycles. The number of aryl methyl sites for hydroxylation is 1. The van der Waals surface area contributed by atoms with Gasteiger partial charge < -0.3 is 4.74 Å². The molecule has 3 aromatic carbocycles. The molecule has 5 aromatic rings. The van der Waals surface area contributed by atoms with Gasteiger partial charge in [0.25, 0.3) is 5.56 Å². The van der Waals surface area contributed by atoms with Crippen molar-refractivity contribution in [2.45, 2.75) is 26.2 Å². The number of ether oxygens (including phenoxy) is 1. The van der Waals surface area contributed by atoms with Crippen LogP contribution < -0.4 is 10.3 Å². The number of methoxy groups -OCH3 is 1. The molecule has 5 rings (SSSR count). The number of fused-ring (bicyclic) bond motifs is 1. The summed E-state index contributed by atoms with van der Waals surface area (Å²) in [6, 6.07) is 21.9. The van der Waals surface area contributed by atoms with E-state index in [1.807, 2.05) is 49.4 Å². The van der Waals surface area contributed by atoms with Gasteiger partial charge >= 0.3 is 0 Å². The zero-order valence-corrected chi connectivity index (χ0v) is 20.5. The number of hydrogen-bond donors (Lipinski definition) is 0. The molecule has 0 aliphatic rings. The van der Waals surface area contributed by atoms with Gasteiger partial charge in [0.05, 0.1) is 30.1 Å². The number of aromatic nitrogens is 4. The van der Waals surface area contributed by atoms with Crippen LogP contribution >= 0.6 is 0 Å². The molecule has 0 saturated heterocycles. The highest BCUT2D eigenvalue weighted by Crippen LogP contribution is 2.25. The van der Waals surface area contributed by atoms with E-state index >= 15 is 0 Å². The van der Waals surface area contributed by atoms with Gasteiger partial charge in [0.1, 0.15) is 6.33 Å². The molecule has 0 unspecified atom stereocenters. The van der Waals surface area contributed by atoms with E-state index in [2.05, 4.69) is 16.2 Å². The molecule has 0 aliphatic carbocycles. The van der Waals surface area contributed by atoms with Crippen LogP contribution in [0.4, 0.5) is 4.39 Å². The molecule has 0 radical (unpaired) electrons. The van der Waals surface area contributed by atoms with E-state index in [0.29, 0.717) is 35.4 Å². The molecule has 0 bridgehead atoms. The van der Waals surface area contributed by atoms with Crippen molar-refractivity contribution in [3.63, 3.8) is 0 Å². The van der Waals surface area contributed by atoms with Gasteiger partial charge in [0.15, 0.2) is 11.6 Å². The molecular weight excluding hydrogens is 469 g/mol. The maximum Gasteiger partial charge on any atom is 0.263 e. The maximum absolute atomic E-state index is 14.6. The molecule has 184 valence electrons. The minimum atomic E-state index is -0.572. The van der Waals surface area contributed by atoms with E-state index in [0.717, 1.165) is 28.8 Å². The first kappa shape index (κ1) is 23.9. The number of rotatable bonds is 7. The van der Waals surface area contributed by atoms with Crippen molar-refractivity contribution in [1.29, 1.82) is 5.26 Å². The van der Waals surface area contributed by atoms with Crippen LogP contribution in [-0.2, 0) is 12.8 Å². The normalized spacial score (nSPS) is 11.0. The van der Waals surface area contributed by atoms with Gasteiger partial charge in [0.2, 0.25) is 5.78 Å². The van der Waals surface area contributed by atoms with E-state index in [9.17, 15) is 14.4 Å². The SMILES string of the molecule is CCCc1c(Cc2ccc(-c3ccccc3C#N)cc2)c(=O)n(-c2ccc(OC)c(F)c2)c2ncnn12. The summed E-state index contributed by atoms with van der Waals surface area (Å²) >= 11 is 0. The fourth-order valence-electron chi connectivity index (χ4n) is 4.59. The van der Waals surface area contributed by atoms with Gasteiger partial charge in [-0.1, -0.05) is 55.8 Å². The molecule has 8 heteroatoms. The summed E-state index contributed by atoms with van der Waals surface area (Å²) in [7, 11) is 1.39. The standard InChI is InChI=1S/C29H24FN5O2/c1-3-6-26-24(15-19-9-11-20(12-10-19)23-8-5-4-7-21(23)17-31)28(36)34(29-32-18-33-35(26)29)22-13-14-27(37-2)25(30)16-22/h4-5,7-14,16,18H,3,6,15H2,1-2H3. The Labute approximate surface area is 213 Å². The summed E-state index contributed by atoms with van der Waals surface area (Å²) in [5, 5.41) is 13.8. The van der Waals surface area contributed by atoms with E-state index in [1.54, 1.807) is 16.6 Å². The topological polar surface area (TPSA) is 85.2 Å². The lowest BCUT2D eigenvalue weighted by Gasteiger charge is -2.16. The Morgan fingerprint density at radius 2 is 1.86 bits per heavy atom. The molecule has 0 N–H and O–H groups in total. The summed E-state index contributed by atoms with van der Waals surface area (Å²) in [5.41, 5.74) is 4.74. The average molecular weight is 494 g/mol. The smallest absolute Gasteiger partial charge is 0.263 e. The van der Waals surface area contributed by atoms with Crippen LogP contribution in [0.2, 0.25) is 0 Å². The molecule has 37 heavy (non-hydrogen) atoms. The van der Waals surface area contributed by atoms with Crippen LogP contribution in [-0.4, -0.2) is 26.3 Å². The van der Waals surface area contributed by atoms with Crippen molar-refractivity contribution < 1.29 is 9.13 Å².